The molecule has 0 bridgehead atoms. The lowest BCUT2D eigenvalue weighted by atomic mass is 10.2. The monoisotopic (exact) mass is 330 g/mol. The molecule has 1 aromatic heterocycles. The maximum absolute atomic E-state index is 11.3. The van der Waals surface area contributed by atoms with E-state index in [9.17, 15) is 9.90 Å². The van der Waals surface area contributed by atoms with Crippen molar-refractivity contribution >= 4 is 5.97 Å². The van der Waals surface area contributed by atoms with Crippen LogP contribution in [0.15, 0.2) is 48.8 Å². The van der Waals surface area contributed by atoms with E-state index in [-0.39, 0.29) is 6.61 Å². The van der Waals surface area contributed by atoms with E-state index in [4.69, 9.17) is 4.74 Å². The van der Waals surface area contributed by atoms with Crippen molar-refractivity contribution in [1.82, 2.24) is 9.88 Å². The van der Waals surface area contributed by atoms with Gasteiger partial charge in [-0.1, -0.05) is 6.07 Å². The molecule has 1 atom stereocenters. The second-order valence-corrected chi connectivity index (χ2v) is 5.54. The van der Waals surface area contributed by atoms with E-state index < -0.39 is 12.1 Å². The summed E-state index contributed by atoms with van der Waals surface area (Å²) >= 11 is 0. The highest BCUT2D eigenvalue weighted by Crippen LogP contribution is 2.13. The molecule has 1 N–H and O–H groups in total. The van der Waals surface area contributed by atoms with Crippen molar-refractivity contribution in [2.45, 2.75) is 12.6 Å². The normalized spacial score (nSPS) is 12.0. The Balaban J connectivity index is 1.76. The summed E-state index contributed by atoms with van der Waals surface area (Å²) < 4.78 is 10.2. The third-order valence-corrected chi connectivity index (χ3v) is 3.42. The number of hydrogen-bond acceptors (Lipinski definition) is 6. The number of benzene rings is 1. The van der Waals surface area contributed by atoms with Crippen molar-refractivity contribution in [3.05, 3.63) is 59.9 Å². The topological polar surface area (TPSA) is 71.9 Å². The molecule has 0 radical (unpaired) electrons. The van der Waals surface area contributed by atoms with Crippen LogP contribution >= 0.6 is 0 Å². The van der Waals surface area contributed by atoms with Crippen LogP contribution in [0.25, 0.3) is 0 Å². The minimum atomic E-state index is -0.619. The van der Waals surface area contributed by atoms with Crippen molar-refractivity contribution in [2.24, 2.45) is 0 Å². The molecular formula is C18H22N2O4. The summed E-state index contributed by atoms with van der Waals surface area (Å²) in [7, 11) is 3.27. The standard InChI is InChI=1S/C18H22N2O4/c1-20(11-14-4-3-9-19-10-14)12-16(21)13-24-17-7-5-15(6-8-17)18(22)23-2/h3-10,16,21H,11-13H2,1-2H3/t16-/m0/s1. The number of pyridine rings is 1. The molecule has 1 heterocycles. The van der Waals surface area contributed by atoms with Crippen molar-refractivity contribution in [3.8, 4) is 5.75 Å². The van der Waals surface area contributed by atoms with Crippen LogP contribution in [0, 0.1) is 0 Å². The van der Waals surface area contributed by atoms with E-state index in [0.717, 1.165) is 5.56 Å². The molecule has 1 aromatic carbocycles. The van der Waals surface area contributed by atoms with Crippen LogP contribution < -0.4 is 4.74 Å². The summed E-state index contributed by atoms with van der Waals surface area (Å²) in [6.45, 7) is 1.36. The highest BCUT2D eigenvalue weighted by molar-refractivity contribution is 5.89. The van der Waals surface area contributed by atoms with Crippen LogP contribution in [-0.2, 0) is 11.3 Å². The number of carbonyl (C=O) groups is 1. The van der Waals surface area contributed by atoms with E-state index >= 15 is 0 Å². The zero-order valence-corrected chi connectivity index (χ0v) is 13.9. The molecule has 0 aliphatic heterocycles. The molecule has 6 heteroatoms. The van der Waals surface area contributed by atoms with Gasteiger partial charge in [0.2, 0.25) is 0 Å². The Kier molecular flexibility index (Phi) is 6.72. The number of methoxy groups -OCH3 is 1. The van der Waals surface area contributed by atoms with E-state index in [1.54, 1.807) is 30.5 Å². The molecule has 0 spiro atoms. The Bertz CT molecular complexity index is 631. The molecule has 0 fully saturated rings. The Morgan fingerprint density at radius 3 is 2.67 bits per heavy atom. The smallest absolute Gasteiger partial charge is 0.337 e. The second kappa shape index (κ2) is 9.00. The fourth-order valence-electron chi connectivity index (χ4n) is 2.28. The van der Waals surface area contributed by atoms with Gasteiger partial charge in [0.15, 0.2) is 0 Å². The quantitative estimate of drug-likeness (QED) is 0.744. The number of carbonyl (C=O) groups excluding carboxylic acids is 1. The summed E-state index contributed by atoms with van der Waals surface area (Å²) in [5, 5.41) is 10.1. The van der Waals surface area contributed by atoms with E-state index in [0.29, 0.717) is 24.4 Å². The first-order chi connectivity index (χ1) is 11.6. The van der Waals surface area contributed by atoms with Gasteiger partial charge < -0.3 is 14.6 Å². The fourth-order valence-corrected chi connectivity index (χ4v) is 2.28. The number of esters is 1. The van der Waals surface area contributed by atoms with E-state index in [2.05, 4.69) is 9.72 Å². The average molecular weight is 330 g/mol. The van der Waals surface area contributed by atoms with E-state index in [1.807, 2.05) is 30.3 Å². The molecule has 0 saturated heterocycles. The van der Waals surface area contributed by atoms with Crippen molar-refractivity contribution in [1.29, 1.82) is 0 Å². The Labute approximate surface area is 141 Å². The van der Waals surface area contributed by atoms with E-state index in [1.165, 1.54) is 7.11 Å². The fraction of sp³-hybridized carbons (Fsp3) is 0.333. The van der Waals surface area contributed by atoms with Gasteiger partial charge in [0, 0.05) is 25.5 Å². The Morgan fingerprint density at radius 1 is 1.29 bits per heavy atom. The first-order valence-corrected chi connectivity index (χ1v) is 7.65. The number of likely N-dealkylation sites (N-methyl/N-ethyl adjacent to an activating group) is 1. The number of aromatic nitrogens is 1. The minimum absolute atomic E-state index is 0.176. The minimum Gasteiger partial charge on any atom is -0.491 e. The Morgan fingerprint density at radius 2 is 2.04 bits per heavy atom. The lowest BCUT2D eigenvalue weighted by Crippen LogP contribution is -2.32. The number of hydrogen-bond donors (Lipinski definition) is 1. The first-order valence-electron chi connectivity index (χ1n) is 7.65. The molecular weight excluding hydrogens is 308 g/mol. The van der Waals surface area contributed by atoms with Gasteiger partial charge in [-0.25, -0.2) is 4.79 Å². The van der Waals surface area contributed by atoms with Crippen LogP contribution in [0.1, 0.15) is 15.9 Å². The third kappa shape index (κ3) is 5.64. The molecule has 0 amide bonds. The predicted molar refractivity (Wildman–Crippen MR) is 89.9 cm³/mol. The maximum atomic E-state index is 11.3. The first kappa shape index (κ1) is 17.9. The maximum Gasteiger partial charge on any atom is 0.337 e. The SMILES string of the molecule is COC(=O)c1ccc(OC[C@@H](O)CN(C)Cc2cccnc2)cc1. The molecule has 24 heavy (non-hydrogen) atoms. The zero-order chi connectivity index (χ0) is 17.4. The van der Waals surface area contributed by atoms with Crippen LogP contribution in [-0.4, -0.2) is 54.4 Å². The molecule has 2 rings (SSSR count). The lowest BCUT2D eigenvalue weighted by molar-refractivity contribution is 0.0600. The summed E-state index contributed by atoms with van der Waals surface area (Å²) in [4.78, 5) is 17.4. The number of aliphatic hydroxyl groups excluding tert-OH is 1. The second-order valence-electron chi connectivity index (χ2n) is 5.54. The van der Waals surface area contributed by atoms with Gasteiger partial charge in [-0.2, -0.15) is 0 Å². The summed E-state index contributed by atoms with van der Waals surface area (Å²) in [6.07, 6.45) is 2.92. The summed E-state index contributed by atoms with van der Waals surface area (Å²) in [5.41, 5.74) is 1.55. The molecule has 0 unspecified atom stereocenters. The predicted octanol–water partition coefficient (Wildman–Crippen LogP) is 1.74. The van der Waals surface area contributed by atoms with Crippen LogP contribution in [0.3, 0.4) is 0 Å². The number of rotatable bonds is 8. The largest absolute Gasteiger partial charge is 0.491 e. The highest BCUT2D eigenvalue weighted by Gasteiger charge is 2.10. The van der Waals surface area contributed by atoms with Gasteiger partial charge in [0.1, 0.15) is 18.5 Å². The van der Waals surface area contributed by atoms with Gasteiger partial charge in [-0.05, 0) is 42.9 Å². The van der Waals surface area contributed by atoms with Crippen molar-refractivity contribution < 1.29 is 19.4 Å². The van der Waals surface area contributed by atoms with Crippen molar-refractivity contribution in [3.63, 3.8) is 0 Å². The molecule has 2 aromatic rings. The molecule has 0 aliphatic rings. The lowest BCUT2D eigenvalue weighted by Gasteiger charge is -2.20. The van der Waals surface area contributed by atoms with Crippen LogP contribution in [0.2, 0.25) is 0 Å². The van der Waals surface area contributed by atoms with Gasteiger partial charge in [0.05, 0.1) is 12.7 Å². The third-order valence-electron chi connectivity index (χ3n) is 3.42. The van der Waals surface area contributed by atoms with Crippen LogP contribution in [0.4, 0.5) is 0 Å². The van der Waals surface area contributed by atoms with Gasteiger partial charge in [-0.15, -0.1) is 0 Å². The molecule has 0 saturated carbocycles. The number of aliphatic hydroxyl groups is 1. The summed E-state index contributed by atoms with van der Waals surface area (Å²) in [6, 6.07) is 10.5. The van der Waals surface area contributed by atoms with Crippen molar-refractivity contribution in [2.75, 3.05) is 27.3 Å². The van der Waals surface area contributed by atoms with Crippen LogP contribution in [0.5, 0.6) is 5.75 Å². The molecule has 6 nitrogen and oxygen atoms in total. The summed E-state index contributed by atoms with van der Waals surface area (Å²) in [5.74, 6) is 0.204. The molecule has 128 valence electrons. The van der Waals surface area contributed by atoms with Gasteiger partial charge in [-0.3, -0.25) is 9.88 Å². The highest BCUT2D eigenvalue weighted by atomic mass is 16.5. The number of ether oxygens (including phenoxy) is 2. The van der Waals surface area contributed by atoms with Gasteiger partial charge >= 0.3 is 5.97 Å². The average Bonchev–Trinajstić information content (AvgIpc) is 2.60. The number of nitrogens with zero attached hydrogens (tertiary/aromatic N) is 2. The Hall–Kier alpha value is -2.44. The zero-order valence-electron chi connectivity index (χ0n) is 13.9. The van der Waals surface area contributed by atoms with Gasteiger partial charge in [0.25, 0.3) is 0 Å². The molecule has 0 aliphatic carbocycles.